The quantitative estimate of drug-likeness (QED) is 0.551. The number of ketones is 1. The molecule has 0 saturated carbocycles. The maximum Gasteiger partial charge on any atom is 0.160 e. The normalized spacial score (nSPS) is 12.4. The molecule has 0 saturated heterocycles. The van der Waals surface area contributed by atoms with Crippen LogP contribution < -0.4 is 0 Å². The summed E-state index contributed by atoms with van der Waals surface area (Å²) in [7, 11) is 0. The molecule has 0 heterocycles. The van der Waals surface area contributed by atoms with Gasteiger partial charge in [-0.05, 0) is 11.6 Å². The molecule has 0 aliphatic carbocycles. The largest absolute Gasteiger partial charge is 0.294 e. The fraction of sp³-hybridized carbons (Fsp3) is 0.267. The van der Waals surface area contributed by atoms with Crippen LogP contribution in [-0.2, 0) is 4.79 Å². The van der Waals surface area contributed by atoms with Gasteiger partial charge in [-0.1, -0.05) is 69.3 Å². The second kappa shape index (κ2) is 5.45. The Balaban J connectivity index is 2.56. The lowest BCUT2D eigenvalue weighted by Crippen LogP contribution is -2.17. The molecule has 0 aliphatic rings. The SMILES string of the molecule is CC(C)(C)C(=O)/C=C/C=C/c1ccccc1. The van der Waals surface area contributed by atoms with Gasteiger partial charge in [0.15, 0.2) is 5.78 Å². The average Bonchev–Trinajstić information content (AvgIpc) is 2.24. The monoisotopic (exact) mass is 214 g/mol. The first-order chi connectivity index (χ1) is 7.50. The van der Waals surface area contributed by atoms with Gasteiger partial charge in [-0.15, -0.1) is 0 Å². The minimum Gasteiger partial charge on any atom is -0.294 e. The van der Waals surface area contributed by atoms with E-state index in [1.165, 1.54) is 0 Å². The lowest BCUT2D eigenvalue weighted by atomic mass is 9.91. The van der Waals surface area contributed by atoms with Crippen molar-refractivity contribution < 1.29 is 4.79 Å². The fourth-order valence-corrected chi connectivity index (χ4v) is 1.12. The standard InChI is InChI=1S/C15H18O/c1-15(2,3)14(16)12-8-7-11-13-9-5-4-6-10-13/h4-12H,1-3H3/b11-7+,12-8+. The molecule has 1 rings (SSSR count). The lowest BCUT2D eigenvalue weighted by molar-refractivity contribution is -0.121. The molecule has 0 atom stereocenters. The average molecular weight is 214 g/mol. The topological polar surface area (TPSA) is 17.1 Å². The van der Waals surface area contributed by atoms with E-state index in [1.807, 2.05) is 63.3 Å². The molecule has 0 aliphatic heterocycles. The Bertz CT molecular complexity index is 391. The van der Waals surface area contributed by atoms with Gasteiger partial charge in [0.1, 0.15) is 0 Å². The predicted molar refractivity (Wildman–Crippen MR) is 69.1 cm³/mol. The number of hydrogen-bond acceptors (Lipinski definition) is 1. The summed E-state index contributed by atoms with van der Waals surface area (Å²) in [5, 5.41) is 0. The van der Waals surface area contributed by atoms with Crippen molar-refractivity contribution in [3.8, 4) is 0 Å². The van der Waals surface area contributed by atoms with Gasteiger partial charge in [0.2, 0.25) is 0 Å². The van der Waals surface area contributed by atoms with Gasteiger partial charge in [0.05, 0.1) is 0 Å². The highest BCUT2D eigenvalue weighted by molar-refractivity contribution is 5.94. The Morgan fingerprint density at radius 2 is 1.69 bits per heavy atom. The van der Waals surface area contributed by atoms with E-state index < -0.39 is 0 Å². The summed E-state index contributed by atoms with van der Waals surface area (Å²) in [6, 6.07) is 10.0. The van der Waals surface area contributed by atoms with Gasteiger partial charge in [-0.25, -0.2) is 0 Å². The highest BCUT2D eigenvalue weighted by Crippen LogP contribution is 2.14. The van der Waals surface area contributed by atoms with Crippen LogP contribution in [0.2, 0.25) is 0 Å². The van der Waals surface area contributed by atoms with E-state index in [4.69, 9.17) is 0 Å². The van der Waals surface area contributed by atoms with Crippen molar-refractivity contribution in [3.05, 3.63) is 54.1 Å². The molecule has 0 bridgehead atoms. The minimum atomic E-state index is -0.295. The Labute approximate surface area is 97.5 Å². The fourth-order valence-electron chi connectivity index (χ4n) is 1.12. The summed E-state index contributed by atoms with van der Waals surface area (Å²) in [5.74, 6) is 0.144. The van der Waals surface area contributed by atoms with Gasteiger partial charge < -0.3 is 0 Å². The Morgan fingerprint density at radius 1 is 1.06 bits per heavy atom. The van der Waals surface area contributed by atoms with Gasteiger partial charge >= 0.3 is 0 Å². The van der Waals surface area contributed by atoms with Crippen LogP contribution in [0.15, 0.2) is 48.6 Å². The molecule has 0 unspecified atom stereocenters. The molecule has 1 aromatic carbocycles. The van der Waals surface area contributed by atoms with Crippen LogP contribution in [0.4, 0.5) is 0 Å². The molecular weight excluding hydrogens is 196 g/mol. The summed E-state index contributed by atoms with van der Waals surface area (Å²) in [5.41, 5.74) is 0.840. The van der Waals surface area contributed by atoms with Crippen LogP contribution >= 0.6 is 0 Å². The summed E-state index contributed by atoms with van der Waals surface area (Å²) >= 11 is 0. The van der Waals surface area contributed by atoms with Gasteiger partial charge in [-0.3, -0.25) is 4.79 Å². The lowest BCUT2D eigenvalue weighted by Gasteiger charge is -2.12. The third kappa shape index (κ3) is 4.26. The van der Waals surface area contributed by atoms with E-state index in [-0.39, 0.29) is 11.2 Å². The zero-order valence-corrected chi connectivity index (χ0v) is 10.1. The van der Waals surface area contributed by atoms with E-state index in [1.54, 1.807) is 12.2 Å². The van der Waals surface area contributed by atoms with E-state index in [0.29, 0.717) is 0 Å². The summed E-state index contributed by atoms with van der Waals surface area (Å²) in [6.07, 6.45) is 7.28. The molecule has 1 heteroatoms. The molecule has 0 N–H and O–H groups in total. The summed E-state index contributed by atoms with van der Waals surface area (Å²) < 4.78 is 0. The molecule has 1 aromatic rings. The molecule has 0 fully saturated rings. The van der Waals surface area contributed by atoms with Crippen LogP contribution in [0, 0.1) is 5.41 Å². The first kappa shape index (κ1) is 12.4. The molecule has 16 heavy (non-hydrogen) atoms. The highest BCUT2D eigenvalue weighted by Gasteiger charge is 2.17. The second-order valence-electron chi connectivity index (χ2n) is 4.74. The first-order valence-corrected chi connectivity index (χ1v) is 5.44. The Morgan fingerprint density at radius 3 is 2.25 bits per heavy atom. The number of allylic oxidation sites excluding steroid dienone is 3. The molecule has 0 aromatic heterocycles. The third-order valence-electron chi connectivity index (χ3n) is 2.19. The van der Waals surface area contributed by atoms with Crippen molar-refractivity contribution in [1.29, 1.82) is 0 Å². The third-order valence-corrected chi connectivity index (χ3v) is 2.19. The second-order valence-corrected chi connectivity index (χ2v) is 4.74. The van der Waals surface area contributed by atoms with Crippen molar-refractivity contribution in [2.24, 2.45) is 5.41 Å². The molecule has 0 amide bonds. The smallest absolute Gasteiger partial charge is 0.160 e. The number of hydrogen-bond donors (Lipinski definition) is 0. The Hall–Kier alpha value is -1.63. The zero-order chi connectivity index (χ0) is 12.0. The van der Waals surface area contributed by atoms with Gasteiger partial charge in [0.25, 0.3) is 0 Å². The number of carbonyl (C=O) groups is 1. The van der Waals surface area contributed by atoms with Gasteiger partial charge in [0, 0.05) is 5.41 Å². The predicted octanol–water partition coefficient (Wildman–Crippen LogP) is 3.87. The molecule has 0 spiro atoms. The number of rotatable bonds is 3. The molecule has 1 nitrogen and oxygen atoms in total. The van der Waals surface area contributed by atoms with E-state index in [2.05, 4.69) is 0 Å². The summed E-state index contributed by atoms with van der Waals surface area (Å²) in [4.78, 5) is 11.6. The highest BCUT2D eigenvalue weighted by atomic mass is 16.1. The van der Waals surface area contributed by atoms with E-state index in [0.717, 1.165) is 5.56 Å². The Kier molecular flexibility index (Phi) is 4.24. The van der Waals surface area contributed by atoms with Crippen LogP contribution in [0.1, 0.15) is 26.3 Å². The zero-order valence-electron chi connectivity index (χ0n) is 10.1. The van der Waals surface area contributed by atoms with Crippen LogP contribution in [0.5, 0.6) is 0 Å². The number of carbonyl (C=O) groups excluding carboxylic acids is 1. The molecule has 84 valence electrons. The van der Waals surface area contributed by atoms with E-state index in [9.17, 15) is 4.79 Å². The van der Waals surface area contributed by atoms with E-state index >= 15 is 0 Å². The summed E-state index contributed by atoms with van der Waals surface area (Å²) in [6.45, 7) is 5.75. The van der Waals surface area contributed by atoms with Crippen molar-refractivity contribution in [2.75, 3.05) is 0 Å². The first-order valence-electron chi connectivity index (χ1n) is 5.44. The minimum absolute atomic E-state index is 0.144. The van der Waals surface area contributed by atoms with Crippen LogP contribution in [-0.4, -0.2) is 5.78 Å². The van der Waals surface area contributed by atoms with Crippen molar-refractivity contribution in [2.45, 2.75) is 20.8 Å². The van der Waals surface area contributed by atoms with Crippen molar-refractivity contribution >= 4 is 11.9 Å². The van der Waals surface area contributed by atoms with Crippen LogP contribution in [0.25, 0.3) is 6.08 Å². The van der Waals surface area contributed by atoms with Crippen molar-refractivity contribution in [3.63, 3.8) is 0 Å². The maximum atomic E-state index is 11.6. The van der Waals surface area contributed by atoms with Crippen LogP contribution in [0.3, 0.4) is 0 Å². The van der Waals surface area contributed by atoms with Gasteiger partial charge in [-0.2, -0.15) is 0 Å². The maximum absolute atomic E-state index is 11.6. The number of benzene rings is 1. The van der Waals surface area contributed by atoms with Crippen molar-refractivity contribution in [1.82, 2.24) is 0 Å². The molecule has 0 radical (unpaired) electrons. The molecular formula is C15H18O.